The van der Waals surface area contributed by atoms with E-state index in [0.29, 0.717) is 34.7 Å². The van der Waals surface area contributed by atoms with Crippen LogP contribution in [0.4, 0.5) is 5.69 Å². The summed E-state index contributed by atoms with van der Waals surface area (Å²) in [5.41, 5.74) is 4.98. The summed E-state index contributed by atoms with van der Waals surface area (Å²) in [6.07, 6.45) is 0.979. The molecular weight excluding hydrogens is 370 g/mol. The molecule has 3 nitrogen and oxygen atoms in total. The predicted molar refractivity (Wildman–Crippen MR) is 114 cm³/mol. The molecule has 1 N–H and O–H groups in total. The first-order valence-corrected chi connectivity index (χ1v) is 9.57. The number of ketones is 1. The molecule has 1 amide bonds. The van der Waals surface area contributed by atoms with Crippen LogP contribution in [0.1, 0.15) is 39.0 Å². The maximum absolute atomic E-state index is 12.8. The van der Waals surface area contributed by atoms with Gasteiger partial charge in [0, 0.05) is 22.6 Å². The van der Waals surface area contributed by atoms with Gasteiger partial charge < -0.3 is 5.32 Å². The van der Waals surface area contributed by atoms with Gasteiger partial charge in [-0.05, 0) is 55.2 Å². The van der Waals surface area contributed by atoms with Crippen molar-refractivity contribution in [2.45, 2.75) is 26.7 Å². The number of nitrogens with one attached hydrogen (secondary N) is 1. The molecule has 3 aromatic rings. The molecule has 142 valence electrons. The Balaban J connectivity index is 1.73. The van der Waals surface area contributed by atoms with Gasteiger partial charge in [0.1, 0.15) is 0 Å². The highest BCUT2D eigenvalue weighted by molar-refractivity contribution is 6.31. The average Bonchev–Trinajstić information content (AvgIpc) is 2.70. The summed E-state index contributed by atoms with van der Waals surface area (Å²) >= 11 is 6.09. The molecular formula is C24H22ClNO2. The lowest BCUT2D eigenvalue weighted by molar-refractivity contribution is -0.116. The summed E-state index contributed by atoms with van der Waals surface area (Å²) in [5, 5.41) is 3.32. The van der Waals surface area contributed by atoms with Gasteiger partial charge in [-0.1, -0.05) is 60.1 Å². The fraction of sp³-hybridized carbons (Fsp3) is 0.167. The summed E-state index contributed by atoms with van der Waals surface area (Å²) in [6.45, 7) is 4.13. The molecule has 0 bridgehead atoms. The van der Waals surface area contributed by atoms with Crippen LogP contribution in [-0.2, 0) is 11.2 Å². The van der Waals surface area contributed by atoms with E-state index in [9.17, 15) is 9.59 Å². The zero-order chi connectivity index (χ0) is 20.1. The average molecular weight is 392 g/mol. The second-order valence-corrected chi connectivity index (χ2v) is 7.29. The fourth-order valence-corrected chi connectivity index (χ4v) is 3.16. The van der Waals surface area contributed by atoms with Crippen LogP contribution in [0, 0.1) is 13.8 Å². The smallest absolute Gasteiger partial charge is 0.224 e. The summed E-state index contributed by atoms with van der Waals surface area (Å²) in [4.78, 5) is 25.3. The van der Waals surface area contributed by atoms with Crippen LogP contribution in [0.5, 0.6) is 0 Å². The first kappa shape index (κ1) is 19.8. The van der Waals surface area contributed by atoms with E-state index < -0.39 is 0 Å². The second kappa shape index (κ2) is 8.85. The molecule has 0 atom stereocenters. The Bertz CT molecular complexity index is 1010. The third-order valence-corrected chi connectivity index (χ3v) is 4.98. The molecule has 0 aliphatic heterocycles. The quantitative estimate of drug-likeness (QED) is 0.543. The van der Waals surface area contributed by atoms with Crippen LogP contribution in [0.15, 0.2) is 66.7 Å². The molecule has 0 fully saturated rings. The molecule has 0 spiro atoms. The number of rotatable bonds is 6. The Morgan fingerprint density at radius 3 is 2.36 bits per heavy atom. The number of hydrogen-bond donors (Lipinski definition) is 1. The monoisotopic (exact) mass is 391 g/mol. The summed E-state index contributed by atoms with van der Waals surface area (Å²) in [7, 11) is 0. The minimum absolute atomic E-state index is 0.136. The van der Waals surface area contributed by atoms with Crippen molar-refractivity contribution in [2.24, 2.45) is 0 Å². The Hall–Kier alpha value is -2.91. The van der Waals surface area contributed by atoms with Crippen molar-refractivity contribution < 1.29 is 9.59 Å². The van der Waals surface area contributed by atoms with Crippen molar-refractivity contribution in [3.05, 3.63) is 99.6 Å². The van der Waals surface area contributed by atoms with E-state index in [0.717, 1.165) is 5.56 Å². The van der Waals surface area contributed by atoms with Crippen molar-refractivity contribution in [1.29, 1.82) is 0 Å². The van der Waals surface area contributed by atoms with Gasteiger partial charge in [0.05, 0.1) is 5.69 Å². The third kappa shape index (κ3) is 4.87. The lowest BCUT2D eigenvalue weighted by Crippen LogP contribution is -2.15. The lowest BCUT2D eigenvalue weighted by Gasteiger charge is -2.12. The van der Waals surface area contributed by atoms with Crippen LogP contribution in [0.25, 0.3) is 0 Å². The van der Waals surface area contributed by atoms with Gasteiger partial charge in [0.2, 0.25) is 5.91 Å². The Morgan fingerprint density at radius 2 is 1.64 bits per heavy atom. The first-order valence-electron chi connectivity index (χ1n) is 9.19. The van der Waals surface area contributed by atoms with E-state index in [2.05, 4.69) is 31.3 Å². The van der Waals surface area contributed by atoms with Gasteiger partial charge in [0.25, 0.3) is 0 Å². The highest BCUT2D eigenvalue weighted by Gasteiger charge is 2.16. The van der Waals surface area contributed by atoms with Crippen molar-refractivity contribution in [3.63, 3.8) is 0 Å². The molecule has 0 unspecified atom stereocenters. The fourth-order valence-electron chi connectivity index (χ4n) is 2.99. The van der Waals surface area contributed by atoms with Crippen LogP contribution in [0.3, 0.4) is 0 Å². The zero-order valence-corrected chi connectivity index (χ0v) is 16.7. The Labute approximate surface area is 170 Å². The van der Waals surface area contributed by atoms with Gasteiger partial charge in [-0.25, -0.2) is 0 Å². The molecule has 4 heteroatoms. The number of carbonyl (C=O) groups is 2. The number of aryl methyl sites for hydroxylation is 3. The zero-order valence-electron chi connectivity index (χ0n) is 16.0. The highest BCUT2D eigenvalue weighted by Crippen LogP contribution is 2.24. The largest absolute Gasteiger partial charge is 0.325 e. The number of amides is 1. The second-order valence-electron chi connectivity index (χ2n) is 6.85. The van der Waals surface area contributed by atoms with Crippen molar-refractivity contribution in [3.8, 4) is 0 Å². The molecule has 0 saturated heterocycles. The first-order chi connectivity index (χ1) is 13.4. The van der Waals surface area contributed by atoms with E-state index in [4.69, 9.17) is 11.6 Å². The summed E-state index contributed by atoms with van der Waals surface area (Å²) in [6, 6.07) is 20.1. The standard InChI is InChI=1S/C24H22ClNO2/c1-16-8-9-18(14-17(16)2)10-13-23(27)26-22-12-11-20(25)15-21(22)24(28)19-6-4-3-5-7-19/h3-9,11-12,14-15H,10,13H2,1-2H3,(H,26,27). The van der Waals surface area contributed by atoms with E-state index in [1.807, 2.05) is 12.1 Å². The maximum atomic E-state index is 12.8. The third-order valence-electron chi connectivity index (χ3n) is 4.75. The maximum Gasteiger partial charge on any atom is 0.224 e. The molecule has 0 aliphatic rings. The normalized spacial score (nSPS) is 10.5. The van der Waals surface area contributed by atoms with E-state index in [1.165, 1.54) is 11.1 Å². The number of benzene rings is 3. The van der Waals surface area contributed by atoms with Gasteiger partial charge in [-0.2, -0.15) is 0 Å². The molecule has 3 aromatic carbocycles. The lowest BCUT2D eigenvalue weighted by atomic mass is 10.0. The molecule has 0 aromatic heterocycles. The number of anilines is 1. The number of carbonyl (C=O) groups excluding carboxylic acids is 2. The van der Waals surface area contributed by atoms with E-state index >= 15 is 0 Å². The van der Waals surface area contributed by atoms with Crippen LogP contribution >= 0.6 is 11.6 Å². The number of hydrogen-bond acceptors (Lipinski definition) is 2. The topological polar surface area (TPSA) is 46.2 Å². The molecule has 0 saturated carbocycles. The van der Waals surface area contributed by atoms with E-state index in [-0.39, 0.29) is 11.7 Å². The van der Waals surface area contributed by atoms with Crippen molar-refractivity contribution >= 4 is 29.0 Å². The molecule has 3 rings (SSSR count). The van der Waals surface area contributed by atoms with Gasteiger partial charge in [0.15, 0.2) is 5.78 Å². The SMILES string of the molecule is Cc1ccc(CCC(=O)Nc2ccc(Cl)cc2C(=O)c2ccccc2)cc1C. The minimum Gasteiger partial charge on any atom is -0.325 e. The van der Waals surface area contributed by atoms with Gasteiger partial charge in [-0.15, -0.1) is 0 Å². The summed E-state index contributed by atoms with van der Waals surface area (Å²) in [5.74, 6) is -0.310. The minimum atomic E-state index is -0.174. The van der Waals surface area contributed by atoms with Crippen molar-refractivity contribution in [1.82, 2.24) is 0 Å². The van der Waals surface area contributed by atoms with Gasteiger partial charge >= 0.3 is 0 Å². The van der Waals surface area contributed by atoms with E-state index in [1.54, 1.807) is 42.5 Å². The van der Waals surface area contributed by atoms with Crippen LogP contribution < -0.4 is 5.32 Å². The number of halogens is 1. The Kier molecular flexibility index (Phi) is 6.27. The van der Waals surface area contributed by atoms with Crippen LogP contribution in [-0.4, -0.2) is 11.7 Å². The predicted octanol–water partition coefficient (Wildman–Crippen LogP) is 5.76. The molecule has 0 aliphatic carbocycles. The molecule has 0 radical (unpaired) electrons. The Morgan fingerprint density at radius 1 is 0.893 bits per heavy atom. The van der Waals surface area contributed by atoms with Crippen LogP contribution in [0.2, 0.25) is 5.02 Å². The summed E-state index contributed by atoms with van der Waals surface area (Å²) < 4.78 is 0. The molecule has 0 heterocycles. The van der Waals surface area contributed by atoms with Crippen molar-refractivity contribution in [2.75, 3.05) is 5.32 Å². The highest BCUT2D eigenvalue weighted by atomic mass is 35.5. The van der Waals surface area contributed by atoms with Gasteiger partial charge in [-0.3, -0.25) is 9.59 Å². The molecule has 28 heavy (non-hydrogen) atoms.